The Morgan fingerprint density at radius 1 is 1.28 bits per heavy atom. The van der Waals surface area contributed by atoms with Crippen molar-refractivity contribution in [2.24, 2.45) is 12.5 Å². The van der Waals surface area contributed by atoms with E-state index in [0.717, 1.165) is 58.1 Å². The fraction of sp³-hybridized carbons (Fsp3) is 0.435. The summed E-state index contributed by atoms with van der Waals surface area (Å²) < 4.78 is 7.03. The third-order valence-corrected chi connectivity index (χ3v) is 6.66. The average Bonchev–Trinajstić information content (AvgIpc) is 3.07. The number of aryl methyl sites for hydroxylation is 3. The Labute approximate surface area is 170 Å². The molecular weight excluding hydrogens is 366 g/mol. The van der Waals surface area contributed by atoms with Gasteiger partial charge in [0.15, 0.2) is 0 Å². The van der Waals surface area contributed by atoms with Crippen LogP contribution in [0.25, 0.3) is 11.0 Å². The summed E-state index contributed by atoms with van der Waals surface area (Å²) in [5.74, 6) is -0.334. The Morgan fingerprint density at radius 3 is 2.66 bits per heavy atom. The third-order valence-electron chi connectivity index (χ3n) is 6.66. The predicted octanol–water partition coefficient (Wildman–Crippen LogP) is 3.55. The highest BCUT2D eigenvalue weighted by molar-refractivity contribution is 5.83. The molecule has 1 aromatic heterocycles. The van der Waals surface area contributed by atoms with Gasteiger partial charge in [0, 0.05) is 13.0 Å². The first-order chi connectivity index (χ1) is 13.9. The van der Waals surface area contributed by atoms with Gasteiger partial charge in [-0.25, -0.2) is 4.68 Å². The summed E-state index contributed by atoms with van der Waals surface area (Å²) in [6.45, 7) is 4.00. The summed E-state index contributed by atoms with van der Waals surface area (Å²) in [4.78, 5) is 13.0. The van der Waals surface area contributed by atoms with E-state index < -0.39 is 5.41 Å². The zero-order chi connectivity index (χ0) is 20.8. The molecule has 1 N–H and O–H groups in total. The molecule has 0 saturated heterocycles. The minimum atomic E-state index is -0.600. The van der Waals surface area contributed by atoms with Crippen molar-refractivity contribution in [1.29, 1.82) is 0 Å². The number of fused-ring (bicyclic) bond motifs is 1. The number of aromatic nitrogens is 3. The third kappa shape index (κ3) is 2.94. The van der Waals surface area contributed by atoms with Crippen molar-refractivity contribution >= 4 is 17.0 Å². The van der Waals surface area contributed by atoms with Crippen LogP contribution in [0.5, 0.6) is 0 Å². The lowest BCUT2D eigenvalue weighted by Crippen LogP contribution is -2.44. The fourth-order valence-corrected chi connectivity index (χ4v) is 4.77. The molecule has 1 fully saturated rings. The minimum absolute atomic E-state index is 0.0280. The molecule has 2 aromatic carbocycles. The van der Waals surface area contributed by atoms with E-state index in [0.29, 0.717) is 0 Å². The number of aliphatic hydroxyl groups is 1. The molecule has 0 amide bonds. The zero-order valence-corrected chi connectivity index (χ0v) is 17.4. The maximum absolute atomic E-state index is 13.0. The number of aliphatic hydroxyl groups excluding tert-OH is 1. The summed E-state index contributed by atoms with van der Waals surface area (Å²) in [6.07, 6.45) is 2.56. The second kappa shape index (κ2) is 7.26. The lowest BCUT2D eigenvalue weighted by Gasteiger charge is -2.46. The van der Waals surface area contributed by atoms with Crippen molar-refractivity contribution in [3.05, 3.63) is 58.1 Å². The molecule has 29 heavy (non-hydrogen) atoms. The van der Waals surface area contributed by atoms with E-state index in [1.165, 1.54) is 7.11 Å². The van der Waals surface area contributed by atoms with Gasteiger partial charge in [0.2, 0.25) is 0 Å². The van der Waals surface area contributed by atoms with Gasteiger partial charge in [0.1, 0.15) is 5.52 Å². The average molecular weight is 393 g/mol. The van der Waals surface area contributed by atoms with Gasteiger partial charge in [-0.05, 0) is 60.6 Å². The van der Waals surface area contributed by atoms with E-state index in [9.17, 15) is 9.90 Å². The summed E-state index contributed by atoms with van der Waals surface area (Å²) in [5, 5.41) is 18.3. The van der Waals surface area contributed by atoms with Crippen molar-refractivity contribution in [1.82, 2.24) is 15.0 Å². The lowest BCUT2D eigenvalue weighted by molar-refractivity contribution is -0.159. The summed E-state index contributed by atoms with van der Waals surface area (Å²) >= 11 is 0. The van der Waals surface area contributed by atoms with Crippen LogP contribution >= 0.6 is 0 Å². The van der Waals surface area contributed by atoms with Crippen LogP contribution in [0.15, 0.2) is 30.3 Å². The highest BCUT2D eigenvalue weighted by atomic mass is 16.5. The number of nitrogens with zero attached hydrogens (tertiary/aromatic N) is 3. The van der Waals surface area contributed by atoms with Gasteiger partial charge in [-0.3, -0.25) is 4.79 Å². The van der Waals surface area contributed by atoms with Crippen LogP contribution in [-0.2, 0) is 23.2 Å². The van der Waals surface area contributed by atoms with Gasteiger partial charge < -0.3 is 9.84 Å². The Morgan fingerprint density at radius 2 is 2.03 bits per heavy atom. The summed E-state index contributed by atoms with van der Waals surface area (Å²) in [5.41, 5.74) is 6.25. The van der Waals surface area contributed by atoms with Gasteiger partial charge >= 0.3 is 5.97 Å². The summed E-state index contributed by atoms with van der Waals surface area (Å²) in [6, 6.07) is 10.2. The molecule has 0 spiro atoms. The first-order valence-corrected chi connectivity index (χ1v) is 10.0. The zero-order valence-electron chi connectivity index (χ0n) is 17.4. The van der Waals surface area contributed by atoms with Crippen LogP contribution < -0.4 is 0 Å². The monoisotopic (exact) mass is 393 g/mol. The standard InChI is InChI=1S/C23H27N3O3/c1-14-6-7-16(12-17(14)13-27)20(23(10-5-11-23)22(28)29-4)18-8-9-19-21(15(18)2)24-25-26(19)3/h6-9,12,20,27H,5,10-11,13H2,1-4H3. The van der Waals surface area contributed by atoms with Gasteiger partial charge in [-0.1, -0.05) is 35.9 Å². The maximum Gasteiger partial charge on any atom is 0.312 e. The number of rotatable bonds is 5. The van der Waals surface area contributed by atoms with E-state index >= 15 is 0 Å². The van der Waals surface area contributed by atoms with Gasteiger partial charge in [-0.2, -0.15) is 0 Å². The van der Waals surface area contributed by atoms with Crippen LogP contribution in [0, 0.1) is 19.3 Å². The molecule has 1 heterocycles. The number of hydrogen-bond acceptors (Lipinski definition) is 5. The van der Waals surface area contributed by atoms with Crippen LogP contribution in [-0.4, -0.2) is 33.2 Å². The topological polar surface area (TPSA) is 77.2 Å². The number of benzene rings is 2. The fourth-order valence-electron chi connectivity index (χ4n) is 4.77. The molecule has 6 nitrogen and oxygen atoms in total. The molecule has 4 rings (SSSR count). The smallest absolute Gasteiger partial charge is 0.312 e. The van der Waals surface area contributed by atoms with E-state index in [1.807, 2.05) is 39.1 Å². The first kappa shape index (κ1) is 19.6. The molecule has 152 valence electrons. The Hall–Kier alpha value is -2.73. The molecule has 0 radical (unpaired) electrons. The van der Waals surface area contributed by atoms with Crippen molar-refractivity contribution in [2.45, 2.75) is 45.6 Å². The van der Waals surface area contributed by atoms with Crippen LogP contribution in [0.3, 0.4) is 0 Å². The molecule has 1 saturated carbocycles. The molecule has 0 aliphatic heterocycles. The largest absolute Gasteiger partial charge is 0.469 e. The molecule has 0 bridgehead atoms. The van der Waals surface area contributed by atoms with Crippen molar-refractivity contribution in [2.75, 3.05) is 7.11 Å². The minimum Gasteiger partial charge on any atom is -0.469 e. The molecule has 1 aliphatic rings. The van der Waals surface area contributed by atoms with Crippen molar-refractivity contribution in [3.63, 3.8) is 0 Å². The first-order valence-electron chi connectivity index (χ1n) is 10.0. The normalized spacial score (nSPS) is 16.4. The quantitative estimate of drug-likeness (QED) is 0.671. The second-order valence-corrected chi connectivity index (χ2v) is 8.14. The Kier molecular flexibility index (Phi) is 4.90. The highest BCUT2D eigenvalue weighted by Crippen LogP contribution is 2.56. The second-order valence-electron chi connectivity index (χ2n) is 8.14. The van der Waals surface area contributed by atoms with Crippen LogP contribution in [0.2, 0.25) is 0 Å². The van der Waals surface area contributed by atoms with E-state index in [2.05, 4.69) is 22.4 Å². The van der Waals surface area contributed by atoms with Gasteiger partial charge in [0.25, 0.3) is 0 Å². The number of carbonyl (C=O) groups is 1. The Bertz CT molecular complexity index is 1080. The predicted molar refractivity (Wildman–Crippen MR) is 110 cm³/mol. The van der Waals surface area contributed by atoms with E-state index in [-0.39, 0.29) is 18.5 Å². The number of ether oxygens (including phenoxy) is 1. The molecule has 1 atom stereocenters. The Balaban J connectivity index is 1.97. The van der Waals surface area contributed by atoms with E-state index in [1.54, 1.807) is 4.68 Å². The molecule has 1 aliphatic carbocycles. The molecular formula is C23H27N3O3. The van der Waals surface area contributed by atoms with Crippen LogP contribution in [0.1, 0.15) is 53.0 Å². The number of esters is 1. The molecule has 1 unspecified atom stereocenters. The van der Waals surface area contributed by atoms with Crippen LogP contribution in [0.4, 0.5) is 0 Å². The lowest BCUT2D eigenvalue weighted by atomic mass is 9.57. The summed E-state index contributed by atoms with van der Waals surface area (Å²) in [7, 11) is 3.34. The van der Waals surface area contributed by atoms with Crippen molar-refractivity contribution in [3.8, 4) is 0 Å². The maximum atomic E-state index is 13.0. The number of carbonyl (C=O) groups excluding carboxylic acids is 1. The highest BCUT2D eigenvalue weighted by Gasteiger charge is 2.53. The molecule has 3 aromatic rings. The number of methoxy groups -OCH3 is 1. The SMILES string of the molecule is COC(=O)C1(C(c2ccc(C)c(CO)c2)c2ccc3c(nnn3C)c2C)CCC1. The molecule has 6 heteroatoms. The van der Waals surface area contributed by atoms with Crippen molar-refractivity contribution < 1.29 is 14.6 Å². The number of hydrogen-bond donors (Lipinski definition) is 1. The van der Waals surface area contributed by atoms with Gasteiger partial charge in [0.05, 0.1) is 24.6 Å². The van der Waals surface area contributed by atoms with Gasteiger partial charge in [-0.15, -0.1) is 5.10 Å². The van der Waals surface area contributed by atoms with E-state index in [4.69, 9.17) is 4.74 Å².